The summed E-state index contributed by atoms with van der Waals surface area (Å²) in [5.41, 5.74) is 6.60. The maximum Gasteiger partial charge on any atom is 0.0742 e. The lowest BCUT2D eigenvalue weighted by atomic mass is 9.45. The topological polar surface area (TPSA) is 24.1 Å². The van der Waals surface area contributed by atoms with Crippen molar-refractivity contribution in [2.24, 2.45) is 35.0 Å². The van der Waals surface area contributed by atoms with E-state index in [4.69, 9.17) is 0 Å². The second-order valence-electron chi connectivity index (χ2n) is 14.3. The molecule has 0 radical (unpaired) electrons. The summed E-state index contributed by atoms with van der Waals surface area (Å²) in [7, 11) is 0. The molecule has 2 N–H and O–H groups in total. The fourth-order valence-electron chi connectivity index (χ4n) is 9.08. The molecule has 4 aliphatic carbocycles. The fourth-order valence-corrected chi connectivity index (χ4v) is 9.08. The number of benzene rings is 1. The Kier molecular flexibility index (Phi) is 17.9. The average molecular weight is 621 g/mol. The quantitative estimate of drug-likeness (QED) is 0.272. The number of aryl methyl sites for hydroxylation is 1. The van der Waals surface area contributed by atoms with E-state index in [-0.39, 0.29) is 5.54 Å². The van der Waals surface area contributed by atoms with E-state index in [1.54, 1.807) is 38.5 Å². The van der Waals surface area contributed by atoms with Gasteiger partial charge < -0.3 is 10.6 Å². The summed E-state index contributed by atoms with van der Waals surface area (Å²) in [6.45, 7) is 36.1. The Bertz CT molecular complexity index is 1050. The Morgan fingerprint density at radius 1 is 0.978 bits per heavy atom. The molecule has 2 nitrogen and oxygen atoms in total. The van der Waals surface area contributed by atoms with Gasteiger partial charge in [-0.15, -0.1) is 0 Å². The number of rotatable bonds is 10. The van der Waals surface area contributed by atoms with Crippen molar-refractivity contribution in [1.82, 2.24) is 10.6 Å². The molecule has 0 aliphatic heterocycles. The molecular formula is C43H76N2. The normalized spacial score (nSPS) is 28.6. The van der Waals surface area contributed by atoms with Crippen LogP contribution in [0.25, 0.3) is 0 Å². The highest BCUT2D eigenvalue weighted by atomic mass is 15.1. The van der Waals surface area contributed by atoms with E-state index in [1.165, 1.54) is 35.1 Å². The maximum absolute atomic E-state index is 4.36. The molecule has 3 bridgehead atoms. The van der Waals surface area contributed by atoms with Crippen LogP contribution in [-0.4, -0.2) is 5.54 Å². The van der Waals surface area contributed by atoms with E-state index in [1.807, 2.05) is 34.6 Å². The van der Waals surface area contributed by atoms with Crippen LogP contribution >= 0.6 is 0 Å². The third-order valence-electron chi connectivity index (χ3n) is 11.4. The van der Waals surface area contributed by atoms with Crippen LogP contribution in [0.5, 0.6) is 0 Å². The second kappa shape index (κ2) is 19.6. The third-order valence-corrected chi connectivity index (χ3v) is 11.4. The first kappa shape index (κ1) is 41.1. The van der Waals surface area contributed by atoms with Crippen LogP contribution in [0.1, 0.15) is 164 Å². The molecule has 1 aromatic rings. The van der Waals surface area contributed by atoms with Crippen molar-refractivity contribution in [1.29, 1.82) is 0 Å². The standard InChI is InChI=1S/C23H36N2.C13H20.C3H8.2C2H6/c1-9-20(22-15-13-12-14-18(22)6)16-23(8,25-17(4)5)19(7)24-21(10-2)11-3;1-8-9-2-3-11-5-12-4-10(8)7-13(11,12)6-9;1-3-2;2*1-2/h10,12-15,20,24-25H,4,7,9,11,16H2,1-3,5-6,8H3;8-12H,2-7H2,1H3;3H2,1-2H3;2*1-2H3/b21-10+;;;;/t20?,23-;;;;/m1..../s1. The molecule has 258 valence electrons. The lowest BCUT2D eigenvalue weighted by Crippen LogP contribution is -2.51. The molecule has 4 fully saturated rings. The minimum absolute atomic E-state index is 0.266. The highest BCUT2D eigenvalue weighted by Crippen LogP contribution is 2.74. The van der Waals surface area contributed by atoms with Crippen molar-refractivity contribution in [2.75, 3.05) is 0 Å². The maximum atomic E-state index is 4.36. The highest BCUT2D eigenvalue weighted by Gasteiger charge is 2.65. The van der Waals surface area contributed by atoms with E-state index in [0.29, 0.717) is 5.92 Å². The molecule has 7 unspecified atom stereocenters. The SMILES string of the molecule is C=C(C)N[C@](C)(CC(CC)c1ccccc1C)C(=C)N/C(=C/C)CC.CC.CC.CC1C2CCC3CC4CC1CC34C2.CCC. The minimum Gasteiger partial charge on any atom is -0.378 e. The Morgan fingerprint density at radius 3 is 2.11 bits per heavy atom. The van der Waals surface area contributed by atoms with Crippen LogP contribution in [-0.2, 0) is 0 Å². The number of hydrogen-bond acceptors (Lipinski definition) is 2. The first-order valence-electron chi connectivity index (χ1n) is 19.1. The predicted molar refractivity (Wildman–Crippen MR) is 203 cm³/mol. The van der Waals surface area contributed by atoms with Gasteiger partial charge in [0.15, 0.2) is 0 Å². The van der Waals surface area contributed by atoms with Crippen molar-refractivity contribution >= 4 is 0 Å². The van der Waals surface area contributed by atoms with E-state index in [9.17, 15) is 0 Å². The van der Waals surface area contributed by atoms with Gasteiger partial charge in [-0.05, 0) is 138 Å². The van der Waals surface area contributed by atoms with Gasteiger partial charge in [-0.3, -0.25) is 0 Å². The van der Waals surface area contributed by atoms with Gasteiger partial charge in [-0.2, -0.15) is 0 Å². The van der Waals surface area contributed by atoms with Gasteiger partial charge >= 0.3 is 0 Å². The number of fused-ring (bicyclic) bond motifs is 2. The predicted octanol–water partition coefficient (Wildman–Crippen LogP) is 13.1. The monoisotopic (exact) mass is 621 g/mol. The summed E-state index contributed by atoms with van der Waals surface area (Å²) in [5.74, 6) is 6.21. The van der Waals surface area contributed by atoms with Crippen LogP contribution in [0.2, 0.25) is 0 Å². The van der Waals surface area contributed by atoms with Crippen molar-refractivity contribution in [3.63, 3.8) is 0 Å². The van der Waals surface area contributed by atoms with Crippen molar-refractivity contribution < 1.29 is 0 Å². The zero-order valence-electron chi connectivity index (χ0n) is 32.3. The summed E-state index contributed by atoms with van der Waals surface area (Å²) in [5, 5.41) is 7.10. The molecular weight excluding hydrogens is 544 g/mol. The van der Waals surface area contributed by atoms with Gasteiger partial charge in [-0.25, -0.2) is 0 Å². The Morgan fingerprint density at radius 2 is 1.58 bits per heavy atom. The molecule has 8 atom stereocenters. The number of allylic oxidation sites excluding steroid dienone is 3. The van der Waals surface area contributed by atoms with Gasteiger partial charge in [-0.1, -0.05) is 112 Å². The lowest BCUT2D eigenvalue weighted by Gasteiger charge is -2.60. The van der Waals surface area contributed by atoms with E-state index in [2.05, 4.69) is 110 Å². The van der Waals surface area contributed by atoms with Crippen molar-refractivity contribution in [2.45, 2.75) is 166 Å². The molecule has 4 saturated carbocycles. The average Bonchev–Trinajstić information content (AvgIpc) is 3.29. The molecule has 0 aromatic heterocycles. The molecule has 1 spiro atoms. The summed E-state index contributed by atoms with van der Waals surface area (Å²) < 4.78 is 0. The summed E-state index contributed by atoms with van der Waals surface area (Å²) in [6.07, 6.45) is 16.1. The molecule has 0 amide bonds. The summed E-state index contributed by atoms with van der Waals surface area (Å²) >= 11 is 0. The molecule has 4 aliphatic rings. The van der Waals surface area contributed by atoms with Crippen LogP contribution in [0, 0.1) is 41.9 Å². The van der Waals surface area contributed by atoms with Crippen molar-refractivity contribution in [3.05, 3.63) is 71.7 Å². The first-order chi connectivity index (χ1) is 21.5. The lowest BCUT2D eigenvalue weighted by molar-refractivity contribution is -0.104. The van der Waals surface area contributed by atoms with Crippen molar-refractivity contribution in [3.8, 4) is 0 Å². The summed E-state index contributed by atoms with van der Waals surface area (Å²) in [6, 6.07) is 8.70. The second-order valence-corrected chi connectivity index (χ2v) is 14.3. The number of hydrogen-bond donors (Lipinski definition) is 2. The smallest absolute Gasteiger partial charge is 0.0742 e. The molecule has 0 heterocycles. The van der Waals surface area contributed by atoms with Gasteiger partial charge in [0.05, 0.1) is 5.54 Å². The van der Waals surface area contributed by atoms with Gasteiger partial charge in [0, 0.05) is 17.1 Å². The molecule has 45 heavy (non-hydrogen) atoms. The van der Waals surface area contributed by atoms with Crippen LogP contribution in [0.4, 0.5) is 0 Å². The Labute approximate surface area is 282 Å². The molecule has 0 saturated heterocycles. The fraction of sp³-hybridized carbons (Fsp3) is 0.721. The third kappa shape index (κ3) is 10.0. The van der Waals surface area contributed by atoms with Gasteiger partial charge in [0.2, 0.25) is 0 Å². The molecule has 2 heteroatoms. The van der Waals surface area contributed by atoms with E-state index in [0.717, 1.165) is 53.8 Å². The van der Waals surface area contributed by atoms with Crippen LogP contribution in [0.3, 0.4) is 0 Å². The van der Waals surface area contributed by atoms with E-state index < -0.39 is 0 Å². The zero-order valence-corrected chi connectivity index (χ0v) is 32.3. The van der Waals surface area contributed by atoms with Crippen LogP contribution in [0.15, 0.2) is 60.6 Å². The molecule has 5 rings (SSSR count). The zero-order chi connectivity index (χ0) is 34.4. The number of nitrogens with one attached hydrogen (secondary N) is 2. The minimum atomic E-state index is -0.266. The molecule has 1 aromatic carbocycles. The van der Waals surface area contributed by atoms with Gasteiger partial charge in [0.1, 0.15) is 0 Å². The van der Waals surface area contributed by atoms with E-state index >= 15 is 0 Å². The Hall–Kier alpha value is -1.96. The summed E-state index contributed by atoms with van der Waals surface area (Å²) in [4.78, 5) is 0. The first-order valence-corrected chi connectivity index (χ1v) is 19.1. The highest BCUT2D eigenvalue weighted by molar-refractivity contribution is 5.31. The van der Waals surface area contributed by atoms with Gasteiger partial charge in [0.25, 0.3) is 0 Å². The Balaban J connectivity index is 0.000000415. The largest absolute Gasteiger partial charge is 0.378 e. The van der Waals surface area contributed by atoms with Crippen LogP contribution < -0.4 is 10.6 Å².